The molecule has 46 heavy (non-hydrogen) atoms. The predicted molar refractivity (Wildman–Crippen MR) is 144 cm³/mol. The quantitative estimate of drug-likeness (QED) is 0.194. The van der Waals surface area contributed by atoms with E-state index < -0.39 is 119 Å². The number of methoxy groups -OCH3 is 2. The molecule has 0 fully saturated rings. The van der Waals surface area contributed by atoms with Crippen LogP contribution >= 0.6 is 0 Å². The van der Waals surface area contributed by atoms with Crippen molar-refractivity contribution in [2.75, 3.05) is 14.2 Å². The van der Waals surface area contributed by atoms with Crippen molar-refractivity contribution in [2.24, 2.45) is 0 Å². The molecule has 0 radical (unpaired) electrons. The molecule has 0 bridgehead atoms. The van der Waals surface area contributed by atoms with E-state index in [1.54, 1.807) is 0 Å². The van der Waals surface area contributed by atoms with Gasteiger partial charge < -0.3 is 9.47 Å². The summed E-state index contributed by atoms with van der Waals surface area (Å²) in [7, 11) is 1.19. The van der Waals surface area contributed by atoms with Crippen LogP contribution in [0.4, 0.5) is 45.5 Å². The van der Waals surface area contributed by atoms with E-state index in [0.717, 1.165) is 18.2 Å². The lowest BCUT2D eigenvalue weighted by Crippen LogP contribution is -2.09. The summed E-state index contributed by atoms with van der Waals surface area (Å²) in [6.45, 7) is 0. The molecule has 0 heterocycles. The zero-order valence-corrected chi connectivity index (χ0v) is 22.2. The maximum atomic E-state index is 12.1. The van der Waals surface area contributed by atoms with Crippen LogP contribution in [-0.4, -0.2) is 53.6 Å². The largest absolute Gasteiger partial charge is 0.485 e. The summed E-state index contributed by atoms with van der Waals surface area (Å²) in [4.78, 5) is 83.1. The van der Waals surface area contributed by atoms with E-state index in [9.17, 15) is 80.9 Å². The van der Waals surface area contributed by atoms with Crippen LogP contribution < -0.4 is 9.47 Å². The van der Waals surface area contributed by atoms with E-state index in [4.69, 9.17) is 0 Å². The number of hydrogen-bond acceptors (Lipinski definition) is 18. The average Bonchev–Trinajstić information content (AvgIpc) is 2.96. The van der Waals surface area contributed by atoms with E-state index in [0.29, 0.717) is 20.3 Å². The zero-order chi connectivity index (χ0) is 34.9. The fourth-order valence-electron chi connectivity index (χ4n) is 4.50. The molecule has 3 aromatic carbocycles. The van der Waals surface area contributed by atoms with Gasteiger partial charge in [-0.3, -0.25) is 80.9 Å². The highest BCUT2D eigenvalue weighted by Crippen LogP contribution is 2.58. The van der Waals surface area contributed by atoms with Crippen molar-refractivity contribution in [3.8, 4) is 33.8 Å². The van der Waals surface area contributed by atoms with Gasteiger partial charge in [0.25, 0.3) is 11.5 Å². The van der Waals surface area contributed by atoms with Crippen LogP contribution in [0.3, 0.4) is 0 Å². The summed E-state index contributed by atoms with van der Waals surface area (Å²) in [5, 5.41) is 95.6. The summed E-state index contributed by atoms with van der Waals surface area (Å²) in [5.74, 6) is -2.89. The Labute approximate surface area is 248 Å². The van der Waals surface area contributed by atoms with E-state index in [2.05, 4.69) is 9.47 Å². The van der Waals surface area contributed by atoms with Gasteiger partial charge in [0.2, 0.25) is 0 Å². The van der Waals surface area contributed by atoms with E-state index >= 15 is 0 Å². The van der Waals surface area contributed by atoms with Crippen molar-refractivity contribution in [2.45, 2.75) is 0 Å². The maximum Gasteiger partial charge on any atom is 0.427 e. The van der Waals surface area contributed by atoms with Crippen LogP contribution in [0.15, 0.2) is 24.3 Å². The molecule has 26 heteroatoms. The number of ether oxygens (including phenoxy) is 2. The zero-order valence-electron chi connectivity index (χ0n) is 22.2. The fourth-order valence-corrected chi connectivity index (χ4v) is 4.50. The Hall–Kier alpha value is -7.54. The molecule has 3 aromatic rings. The molecular weight excluding hydrogens is 640 g/mol. The van der Waals surface area contributed by atoms with Crippen LogP contribution in [0.2, 0.25) is 0 Å². The lowest BCUT2D eigenvalue weighted by atomic mass is 9.93. The SMILES string of the molecule is COc1c([N+](=O)[O-])c(-c2cccc(-c3c([N+](=O)[O-])c(OC)c([N+](=O)[O-])c([N+](=O)[O-])c3[N+](=O)[O-])c2)c([N+](=O)[O-])c([N+](=O)[O-])c1[N+](=O)[O-]. The van der Waals surface area contributed by atoms with Crippen molar-refractivity contribution < 1.29 is 48.9 Å². The summed E-state index contributed by atoms with van der Waals surface area (Å²) in [6, 6.07) is 2.77. The van der Waals surface area contributed by atoms with Crippen molar-refractivity contribution in [1.29, 1.82) is 0 Å². The van der Waals surface area contributed by atoms with Crippen LogP contribution in [0, 0.1) is 80.9 Å². The molecule has 0 saturated heterocycles. The first kappa shape index (κ1) is 33.0. The first-order valence-corrected chi connectivity index (χ1v) is 11.3. The molecule has 0 spiro atoms. The second-order valence-electron chi connectivity index (χ2n) is 8.24. The van der Waals surface area contributed by atoms with Gasteiger partial charge >= 0.3 is 45.5 Å². The highest BCUT2D eigenvalue weighted by molar-refractivity contribution is 5.99. The standard InChI is InChI=1S/C20H10N8O18/c1-45-19-13(23(33)34)9(11(21(29)30)15(25(37)38)17(19)27(41)42)7-4-3-5-8(6-7)10-12(22(31)32)16(26(39)40)18(28(43)44)20(46-2)14(10)24(35)36/h3-6H,1-2H3. The third kappa shape index (κ3) is 5.14. The smallest absolute Gasteiger partial charge is 0.427 e. The second-order valence-corrected chi connectivity index (χ2v) is 8.24. The van der Waals surface area contributed by atoms with Crippen molar-refractivity contribution in [3.63, 3.8) is 0 Å². The number of benzene rings is 3. The van der Waals surface area contributed by atoms with E-state index in [1.165, 1.54) is 0 Å². The minimum atomic E-state index is -1.90. The Morgan fingerprint density at radius 1 is 0.413 bits per heavy atom. The number of nitro groups is 8. The lowest BCUT2D eigenvalue weighted by molar-refractivity contribution is -0.443. The Morgan fingerprint density at radius 2 is 0.674 bits per heavy atom. The molecule has 238 valence electrons. The predicted octanol–water partition coefficient (Wildman–Crippen LogP) is 4.30. The molecule has 0 unspecified atom stereocenters. The third-order valence-corrected chi connectivity index (χ3v) is 6.01. The molecule has 0 N–H and O–H groups in total. The molecule has 3 rings (SSSR count). The van der Waals surface area contributed by atoms with E-state index in [-0.39, 0.29) is 0 Å². The molecular formula is C20H10N8O18. The highest BCUT2D eigenvalue weighted by atomic mass is 16.7. The third-order valence-electron chi connectivity index (χ3n) is 6.01. The minimum Gasteiger partial charge on any atom is -0.485 e. The van der Waals surface area contributed by atoms with Gasteiger partial charge in [-0.25, -0.2) is 0 Å². The number of nitrogens with zero attached hydrogens (tertiary/aromatic N) is 8. The van der Waals surface area contributed by atoms with Crippen molar-refractivity contribution >= 4 is 45.5 Å². The highest BCUT2D eigenvalue weighted by Gasteiger charge is 2.52. The van der Waals surface area contributed by atoms with Gasteiger partial charge in [-0.2, -0.15) is 0 Å². The van der Waals surface area contributed by atoms with Crippen molar-refractivity contribution in [3.05, 3.63) is 105 Å². The van der Waals surface area contributed by atoms with Gasteiger partial charge in [0, 0.05) is 0 Å². The molecule has 26 nitrogen and oxygen atoms in total. The summed E-state index contributed by atoms with van der Waals surface area (Å²) < 4.78 is 9.33. The van der Waals surface area contributed by atoms with Gasteiger partial charge in [-0.15, -0.1) is 0 Å². The van der Waals surface area contributed by atoms with Gasteiger partial charge in [0.15, 0.2) is 0 Å². The molecule has 0 aromatic heterocycles. The molecule has 0 aliphatic carbocycles. The topological polar surface area (TPSA) is 364 Å². The Balaban J connectivity index is 2.76. The molecule has 0 aliphatic rings. The summed E-state index contributed by atoms with van der Waals surface area (Å²) >= 11 is 0. The molecule has 0 saturated carbocycles. The lowest BCUT2D eigenvalue weighted by Gasteiger charge is -2.12. The van der Waals surface area contributed by atoms with Gasteiger partial charge in [-0.1, -0.05) is 18.2 Å². The molecule has 0 aliphatic heterocycles. The monoisotopic (exact) mass is 650 g/mol. The van der Waals surface area contributed by atoms with Crippen LogP contribution in [0.25, 0.3) is 22.3 Å². The maximum absolute atomic E-state index is 12.1. The summed E-state index contributed by atoms with van der Waals surface area (Å²) in [6.07, 6.45) is 0. The van der Waals surface area contributed by atoms with Crippen LogP contribution in [-0.2, 0) is 0 Å². The van der Waals surface area contributed by atoms with Crippen molar-refractivity contribution in [1.82, 2.24) is 0 Å². The van der Waals surface area contributed by atoms with Crippen LogP contribution in [0.1, 0.15) is 0 Å². The first-order chi connectivity index (χ1) is 21.4. The van der Waals surface area contributed by atoms with Gasteiger partial charge in [0.05, 0.1) is 53.6 Å². The van der Waals surface area contributed by atoms with Gasteiger partial charge in [0.1, 0.15) is 11.1 Å². The Morgan fingerprint density at radius 3 is 0.891 bits per heavy atom. The van der Waals surface area contributed by atoms with Gasteiger partial charge in [-0.05, 0) is 17.2 Å². The van der Waals surface area contributed by atoms with E-state index in [1.807, 2.05) is 0 Å². The second kappa shape index (κ2) is 12.0. The Bertz CT molecular complexity index is 1820. The fraction of sp³-hybridized carbons (Fsp3) is 0.100. The van der Waals surface area contributed by atoms with Crippen LogP contribution in [0.5, 0.6) is 11.5 Å². The average molecular weight is 650 g/mol. The molecule has 0 amide bonds. The Kier molecular flexibility index (Phi) is 8.59. The summed E-state index contributed by atoms with van der Waals surface area (Å²) in [5.41, 5.74) is -18.8. The first-order valence-electron chi connectivity index (χ1n) is 11.3. The number of nitro benzene ring substituents is 8. The normalized spacial score (nSPS) is 10.5. The molecule has 0 atom stereocenters. The minimum absolute atomic E-state index is 0.481. The number of hydrogen-bond donors (Lipinski definition) is 0. The number of rotatable bonds is 12.